The summed E-state index contributed by atoms with van der Waals surface area (Å²) in [6, 6.07) is 13.6. The van der Waals surface area contributed by atoms with Gasteiger partial charge in [-0.1, -0.05) is 12.1 Å². The molecule has 124 valence electrons. The summed E-state index contributed by atoms with van der Waals surface area (Å²) in [4.78, 5) is 26.2. The second-order valence-electron chi connectivity index (χ2n) is 5.61. The zero-order valence-corrected chi connectivity index (χ0v) is 13.2. The number of nitrogens with zero attached hydrogens (tertiary/aromatic N) is 1. The Morgan fingerprint density at radius 1 is 1.21 bits per heavy atom. The Labute approximate surface area is 139 Å². The van der Waals surface area contributed by atoms with Gasteiger partial charge in [-0.3, -0.25) is 9.59 Å². The second-order valence-corrected chi connectivity index (χ2v) is 5.61. The van der Waals surface area contributed by atoms with Crippen LogP contribution >= 0.6 is 0 Å². The van der Waals surface area contributed by atoms with E-state index in [9.17, 15) is 14.7 Å². The van der Waals surface area contributed by atoms with Crippen molar-refractivity contribution in [3.63, 3.8) is 0 Å². The van der Waals surface area contributed by atoms with Gasteiger partial charge in [0.05, 0.1) is 18.7 Å². The highest BCUT2D eigenvalue weighted by molar-refractivity contribution is 6.03. The van der Waals surface area contributed by atoms with Crippen molar-refractivity contribution in [3.05, 3.63) is 48.5 Å². The first-order chi connectivity index (χ1) is 11.6. The average molecular weight is 326 g/mol. The van der Waals surface area contributed by atoms with Crippen molar-refractivity contribution < 1.29 is 19.4 Å². The highest BCUT2D eigenvalue weighted by Crippen LogP contribution is 2.28. The Kier molecular flexibility index (Phi) is 4.37. The molecule has 1 heterocycles. The van der Waals surface area contributed by atoms with Crippen LogP contribution in [0, 0.1) is 5.92 Å². The van der Waals surface area contributed by atoms with Crippen LogP contribution in [0.4, 0.5) is 11.4 Å². The van der Waals surface area contributed by atoms with Gasteiger partial charge in [0.25, 0.3) is 0 Å². The van der Waals surface area contributed by atoms with Crippen molar-refractivity contribution in [2.75, 3.05) is 23.9 Å². The van der Waals surface area contributed by atoms with Crippen LogP contribution < -0.4 is 15.0 Å². The predicted molar refractivity (Wildman–Crippen MR) is 90.2 cm³/mol. The minimum Gasteiger partial charge on any atom is -0.506 e. The molecular weight excluding hydrogens is 308 g/mol. The summed E-state index contributed by atoms with van der Waals surface area (Å²) in [5, 5.41) is 12.4. The number of amides is 2. The third-order valence-corrected chi connectivity index (χ3v) is 4.04. The van der Waals surface area contributed by atoms with Crippen LogP contribution in [0.15, 0.2) is 48.5 Å². The Hall–Kier alpha value is -3.02. The van der Waals surface area contributed by atoms with Crippen LogP contribution in [-0.4, -0.2) is 30.6 Å². The molecule has 2 aromatic carbocycles. The Balaban J connectivity index is 1.69. The van der Waals surface area contributed by atoms with Gasteiger partial charge in [-0.15, -0.1) is 0 Å². The quantitative estimate of drug-likeness (QED) is 0.846. The van der Waals surface area contributed by atoms with Crippen molar-refractivity contribution in [3.8, 4) is 11.5 Å². The van der Waals surface area contributed by atoms with Crippen LogP contribution in [0.5, 0.6) is 11.5 Å². The van der Waals surface area contributed by atoms with Gasteiger partial charge < -0.3 is 20.1 Å². The third-order valence-electron chi connectivity index (χ3n) is 4.04. The van der Waals surface area contributed by atoms with Crippen molar-refractivity contribution in [1.29, 1.82) is 0 Å². The minimum absolute atomic E-state index is 0.00202. The molecule has 6 nitrogen and oxygen atoms in total. The smallest absolute Gasteiger partial charge is 0.229 e. The topological polar surface area (TPSA) is 78.9 Å². The lowest BCUT2D eigenvalue weighted by atomic mass is 10.1. The summed E-state index contributed by atoms with van der Waals surface area (Å²) < 4.78 is 5.10. The Bertz CT molecular complexity index is 758. The van der Waals surface area contributed by atoms with E-state index in [4.69, 9.17) is 4.74 Å². The van der Waals surface area contributed by atoms with Gasteiger partial charge in [-0.05, 0) is 36.4 Å². The SMILES string of the molecule is COc1ccc(N2C[C@@H](C(=O)Nc3ccccc3O)CC2=O)cc1. The number of ether oxygens (including phenoxy) is 1. The molecule has 1 aliphatic rings. The lowest BCUT2D eigenvalue weighted by Crippen LogP contribution is -2.28. The predicted octanol–water partition coefficient (Wildman–Crippen LogP) is 2.39. The van der Waals surface area contributed by atoms with Gasteiger partial charge in [0.15, 0.2) is 0 Å². The molecule has 2 amide bonds. The number of carbonyl (C=O) groups is 2. The first-order valence-electron chi connectivity index (χ1n) is 7.62. The number of hydrogen-bond donors (Lipinski definition) is 2. The first kappa shape index (κ1) is 15.9. The van der Waals surface area contributed by atoms with Gasteiger partial charge in [0, 0.05) is 18.7 Å². The normalized spacial score (nSPS) is 17.0. The van der Waals surface area contributed by atoms with Crippen molar-refractivity contribution in [1.82, 2.24) is 0 Å². The van der Waals surface area contributed by atoms with Gasteiger partial charge in [0.2, 0.25) is 11.8 Å². The monoisotopic (exact) mass is 326 g/mol. The van der Waals surface area contributed by atoms with E-state index in [1.165, 1.54) is 6.07 Å². The Morgan fingerprint density at radius 2 is 1.92 bits per heavy atom. The van der Waals surface area contributed by atoms with Gasteiger partial charge >= 0.3 is 0 Å². The molecule has 0 unspecified atom stereocenters. The van der Waals surface area contributed by atoms with E-state index in [1.54, 1.807) is 54.5 Å². The highest BCUT2D eigenvalue weighted by Gasteiger charge is 2.35. The number of phenols is 1. The number of benzene rings is 2. The molecule has 1 aliphatic heterocycles. The number of phenolic OH excluding ortho intramolecular Hbond substituents is 1. The molecule has 1 atom stereocenters. The number of methoxy groups -OCH3 is 1. The lowest BCUT2D eigenvalue weighted by Gasteiger charge is -2.17. The molecular formula is C18H18N2O4. The summed E-state index contributed by atoms with van der Waals surface area (Å²) in [6.07, 6.45) is 0.144. The fourth-order valence-electron chi connectivity index (χ4n) is 2.71. The van der Waals surface area contributed by atoms with Gasteiger partial charge in [-0.2, -0.15) is 0 Å². The van der Waals surface area contributed by atoms with Crippen LogP contribution in [0.1, 0.15) is 6.42 Å². The number of para-hydroxylation sites is 2. The standard InChI is InChI=1S/C18H18N2O4/c1-24-14-8-6-13(7-9-14)20-11-12(10-17(20)22)18(23)19-15-4-2-3-5-16(15)21/h2-9,12,21H,10-11H2,1H3,(H,19,23)/t12-/m0/s1. The summed E-state index contributed by atoms with van der Waals surface area (Å²) in [5.74, 6) is -0.126. The van der Waals surface area contributed by atoms with Crippen molar-refractivity contribution in [2.24, 2.45) is 5.92 Å². The van der Waals surface area contributed by atoms with E-state index in [-0.39, 0.29) is 24.0 Å². The van der Waals surface area contributed by atoms with E-state index in [0.29, 0.717) is 18.0 Å². The molecule has 6 heteroatoms. The second kappa shape index (κ2) is 6.62. The molecule has 24 heavy (non-hydrogen) atoms. The van der Waals surface area contributed by atoms with Gasteiger partial charge in [0.1, 0.15) is 11.5 Å². The van der Waals surface area contributed by atoms with E-state index < -0.39 is 5.92 Å². The van der Waals surface area contributed by atoms with E-state index in [2.05, 4.69) is 5.32 Å². The molecule has 3 rings (SSSR count). The van der Waals surface area contributed by atoms with E-state index in [1.807, 2.05) is 0 Å². The first-order valence-corrected chi connectivity index (χ1v) is 7.62. The summed E-state index contributed by atoms with van der Waals surface area (Å²) >= 11 is 0. The average Bonchev–Trinajstić information content (AvgIpc) is 2.99. The van der Waals surface area contributed by atoms with Crippen molar-refractivity contribution in [2.45, 2.75) is 6.42 Å². The molecule has 0 spiro atoms. The zero-order chi connectivity index (χ0) is 17.1. The molecule has 0 aliphatic carbocycles. The molecule has 0 saturated carbocycles. The number of nitrogens with one attached hydrogen (secondary N) is 1. The molecule has 0 aromatic heterocycles. The fraction of sp³-hybridized carbons (Fsp3) is 0.222. The maximum Gasteiger partial charge on any atom is 0.229 e. The summed E-state index contributed by atoms with van der Waals surface area (Å²) in [5.41, 5.74) is 1.08. The number of aromatic hydroxyl groups is 1. The van der Waals surface area contributed by atoms with Crippen LogP contribution in [0.25, 0.3) is 0 Å². The maximum absolute atomic E-state index is 12.4. The number of carbonyl (C=O) groups excluding carboxylic acids is 2. The number of hydrogen-bond acceptors (Lipinski definition) is 4. The van der Waals surface area contributed by atoms with E-state index in [0.717, 1.165) is 5.69 Å². The Morgan fingerprint density at radius 3 is 2.58 bits per heavy atom. The highest BCUT2D eigenvalue weighted by atomic mass is 16.5. The van der Waals surface area contributed by atoms with Crippen LogP contribution in [0.2, 0.25) is 0 Å². The van der Waals surface area contributed by atoms with E-state index >= 15 is 0 Å². The summed E-state index contributed by atoms with van der Waals surface area (Å²) in [6.45, 7) is 0.310. The largest absolute Gasteiger partial charge is 0.506 e. The fourth-order valence-corrected chi connectivity index (χ4v) is 2.71. The molecule has 1 saturated heterocycles. The van der Waals surface area contributed by atoms with Crippen LogP contribution in [0.3, 0.4) is 0 Å². The zero-order valence-electron chi connectivity index (χ0n) is 13.2. The third kappa shape index (κ3) is 3.17. The van der Waals surface area contributed by atoms with Gasteiger partial charge in [-0.25, -0.2) is 0 Å². The minimum atomic E-state index is -0.459. The molecule has 1 fully saturated rings. The molecule has 2 aromatic rings. The summed E-state index contributed by atoms with van der Waals surface area (Å²) in [7, 11) is 1.58. The van der Waals surface area contributed by atoms with Crippen LogP contribution in [-0.2, 0) is 9.59 Å². The molecule has 2 N–H and O–H groups in total. The number of rotatable bonds is 4. The van der Waals surface area contributed by atoms with Crippen molar-refractivity contribution >= 4 is 23.2 Å². The molecule has 0 bridgehead atoms. The molecule has 0 radical (unpaired) electrons. The maximum atomic E-state index is 12.4. The number of anilines is 2. The lowest BCUT2D eigenvalue weighted by molar-refractivity contribution is -0.122.